The molecular weight excluding hydrogens is 443 g/mol. The minimum atomic E-state index is -0.610. The number of hydrogen-bond acceptors (Lipinski definition) is 5. The van der Waals surface area contributed by atoms with Gasteiger partial charge in [-0.15, -0.1) is 0 Å². The van der Waals surface area contributed by atoms with Gasteiger partial charge in [-0.25, -0.2) is 4.79 Å². The van der Waals surface area contributed by atoms with E-state index in [2.05, 4.69) is 10.6 Å². The van der Waals surface area contributed by atoms with Crippen molar-refractivity contribution in [3.8, 4) is 5.75 Å². The quantitative estimate of drug-likeness (QED) is 0.709. The SMILES string of the molecule is COc1ccc(NC(=O)NC(=O)CN2CCN(C(=O)c3ccc(Cl)cc3Cl)CC2)cc1. The van der Waals surface area contributed by atoms with Gasteiger partial charge in [-0.1, -0.05) is 23.2 Å². The Labute approximate surface area is 190 Å². The van der Waals surface area contributed by atoms with E-state index in [0.29, 0.717) is 53.2 Å². The highest BCUT2D eigenvalue weighted by molar-refractivity contribution is 6.36. The van der Waals surface area contributed by atoms with Crippen LogP contribution in [0.15, 0.2) is 42.5 Å². The fraction of sp³-hybridized carbons (Fsp3) is 0.286. The summed E-state index contributed by atoms with van der Waals surface area (Å²) in [7, 11) is 1.55. The zero-order chi connectivity index (χ0) is 22.4. The fourth-order valence-electron chi connectivity index (χ4n) is 3.15. The summed E-state index contributed by atoms with van der Waals surface area (Å²) in [6.45, 7) is 1.96. The number of methoxy groups -OCH3 is 1. The molecule has 0 unspecified atom stereocenters. The van der Waals surface area contributed by atoms with Crippen LogP contribution < -0.4 is 15.4 Å². The Morgan fingerprint density at radius 2 is 1.68 bits per heavy atom. The van der Waals surface area contributed by atoms with Crippen LogP contribution in [-0.2, 0) is 4.79 Å². The van der Waals surface area contributed by atoms with Crippen molar-refractivity contribution < 1.29 is 19.1 Å². The van der Waals surface area contributed by atoms with Crippen LogP contribution in [0.4, 0.5) is 10.5 Å². The molecule has 1 heterocycles. The molecule has 1 saturated heterocycles. The van der Waals surface area contributed by atoms with E-state index < -0.39 is 11.9 Å². The number of imide groups is 1. The van der Waals surface area contributed by atoms with Crippen molar-refractivity contribution in [1.82, 2.24) is 15.1 Å². The molecule has 0 radical (unpaired) electrons. The Hall–Kier alpha value is -2.81. The molecule has 10 heteroatoms. The lowest BCUT2D eigenvalue weighted by atomic mass is 10.2. The molecule has 8 nitrogen and oxygen atoms in total. The molecule has 3 rings (SSSR count). The molecule has 0 aliphatic carbocycles. The number of nitrogens with zero attached hydrogens (tertiary/aromatic N) is 2. The number of benzene rings is 2. The van der Waals surface area contributed by atoms with Gasteiger partial charge in [0.2, 0.25) is 5.91 Å². The van der Waals surface area contributed by atoms with Gasteiger partial charge in [-0.3, -0.25) is 19.8 Å². The van der Waals surface area contributed by atoms with Crippen molar-refractivity contribution >= 4 is 46.7 Å². The first-order valence-electron chi connectivity index (χ1n) is 9.57. The number of piperazine rings is 1. The molecule has 31 heavy (non-hydrogen) atoms. The summed E-state index contributed by atoms with van der Waals surface area (Å²) in [5, 5.41) is 5.67. The summed E-state index contributed by atoms with van der Waals surface area (Å²) >= 11 is 12.0. The lowest BCUT2D eigenvalue weighted by Gasteiger charge is -2.34. The smallest absolute Gasteiger partial charge is 0.325 e. The minimum Gasteiger partial charge on any atom is -0.497 e. The predicted molar refractivity (Wildman–Crippen MR) is 119 cm³/mol. The zero-order valence-corrected chi connectivity index (χ0v) is 18.4. The predicted octanol–water partition coefficient (Wildman–Crippen LogP) is 3.11. The number of carbonyl (C=O) groups excluding carboxylic acids is 3. The second-order valence-corrected chi connectivity index (χ2v) is 7.77. The molecule has 2 aromatic rings. The van der Waals surface area contributed by atoms with Gasteiger partial charge in [-0.05, 0) is 42.5 Å². The van der Waals surface area contributed by atoms with Crippen LogP contribution in [-0.4, -0.2) is 67.5 Å². The molecule has 1 fully saturated rings. The molecule has 0 aromatic heterocycles. The number of carbonyl (C=O) groups is 3. The summed E-state index contributed by atoms with van der Waals surface area (Å²) in [5.74, 6) is 0.0640. The fourth-order valence-corrected chi connectivity index (χ4v) is 3.64. The van der Waals surface area contributed by atoms with E-state index in [1.165, 1.54) is 6.07 Å². The van der Waals surface area contributed by atoms with Gasteiger partial charge in [-0.2, -0.15) is 0 Å². The van der Waals surface area contributed by atoms with Gasteiger partial charge in [0.1, 0.15) is 5.75 Å². The lowest BCUT2D eigenvalue weighted by molar-refractivity contribution is -0.121. The molecule has 0 saturated carbocycles. The molecule has 2 aromatic carbocycles. The van der Waals surface area contributed by atoms with E-state index >= 15 is 0 Å². The van der Waals surface area contributed by atoms with Gasteiger partial charge < -0.3 is 15.0 Å². The number of amides is 4. The summed E-state index contributed by atoms with van der Waals surface area (Å²) in [4.78, 5) is 40.4. The number of urea groups is 1. The summed E-state index contributed by atoms with van der Waals surface area (Å²) in [6, 6.07) is 10.9. The molecule has 1 aliphatic rings. The first kappa shape index (κ1) is 22.9. The van der Waals surface area contributed by atoms with Crippen molar-refractivity contribution in [2.75, 3.05) is 45.2 Å². The lowest BCUT2D eigenvalue weighted by Crippen LogP contribution is -2.51. The highest BCUT2D eigenvalue weighted by atomic mass is 35.5. The van der Waals surface area contributed by atoms with Crippen molar-refractivity contribution in [1.29, 1.82) is 0 Å². The first-order chi connectivity index (χ1) is 14.9. The zero-order valence-electron chi connectivity index (χ0n) is 16.9. The van der Waals surface area contributed by atoms with Crippen LogP contribution in [0.2, 0.25) is 10.0 Å². The Balaban J connectivity index is 1.44. The molecule has 2 N–H and O–H groups in total. The van der Waals surface area contributed by atoms with Gasteiger partial charge >= 0.3 is 6.03 Å². The van der Waals surface area contributed by atoms with Crippen LogP contribution in [0.25, 0.3) is 0 Å². The molecular formula is C21H22Cl2N4O4. The number of nitrogens with one attached hydrogen (secondary N) is 2. The molecule has 4 amide bonds. The van der Waals surface area contributed by atoms with Crippen molar-refractivity contribution in [3.05, 3.63) is 58.1 Å². The molecule has 1 aliphatic heterocycles. The largest absolute Gasteiger partial charge is 0.497 e. The van der Waals surface area contributed by atoms with Crippen LogP contribution in [0, 0.1) is 0 Å². The summed E-state index contributed by atoms with van der Waals surface area (Å²) in [5.41, 5.74) is 0.937. The Morgan fingerprint density at radius 1 is 1.00 bits per heavy atom. The van der Waals surface area contributed by atoms with Crippen molar-refractivity contribution in [3.63, 3.8) is 0 Å². The van der Waals surface area contributed by atoms with Crippen molar-refractivity contribution in [2.45, 2.75) is 0 Å². The number of hydrogen-bond donors (Lipinski definition) is 2. The van der Waals surface area contributed by atoms with E-state index in [4.69, 9.17) is 27.9 Å². The maximum absolute atomic E-state index is 12.7. The van der Waals surface area contributed by atoms with Gasteiger partial charge in [0.15, 0.2) is 0 Å². The molecule has 164 valence electrons. The van der Waals surface area contributed by atoms with Gasteiger partial charge in [0, 0.05) is 36.9 Å². The number of ether oxygens (including phenoxy) is 1. The minimum absolute atomic E-state index is 0.0553. The second kappa shape index (κ2) is 10.5. The Morgan fingerprint density at radius 3 is 2.29 bits per heavy atom. The number of rotatable bonds is 5. The van der Waals surface area contributed by atoms with E-state index in [0.717, 1.165) is 0 Å². The Kier molecular flexibility index (Phi) is 7.73. The van der Waals surface area contributed by atoms with Gasteiger partial charge in [0.05, 0.1) is 24.2 Å². The maximum Gasteiger partial charge on any atom is 0.325 e. The van der Waals surface area contributed by atoms with Crippen LogP contribution in [0.3, 0.4) is 0 Å². The van der Waals surface area contributed by atoms with E-state index in [1.807, 2.05) is 4.90 Å². The second-order valence-electron chi connectivity index (χ2n) is 6.92. The topological polar surface area (TPSA) is 91.0 Å². The molecule has 0 spiro atoms. The third-order valence-corrected chi connectivity index (χ3v) is 5.34. The standard InChI is InChI=1S/C21H22Cl2N4O4/c1-31-16-5-3-15(4-6-16)24-21(30)25-19(28)13-26-8-10-27(11-9-26)20(29)17-7-2-14(22)12-18(17)23/h2-7,12H,8-11,13H2,1H3,(H2,24,25,28,30). The number of anilines is 1. The van der Waals surface area contributed by atoms with Crippen LogP contribution in [0.5, 0.6) is 5.75 Å². The summed E-state index contributed by atoms with van der Waals surface area (Å²) in [6.07, 6.45) is 0. The van der Waals surface area contributed by atoms with Gasteiger partial charge in [0.25, 0.3) is 5.91 Å². The highest BCUT2D eigenvalue weighted by Crippen LogP contribution is 2.23. The maximum atomic E-state index is 12.7. The highest BCUT2D eigenvalue weighted by Gasteiger charge is 2.25. The monoisotopic (exact) mass is 464 g/mol. The normalized spacial score (nSPS) is 14.1. The number of halogens is 2. The van der Waals surface area contributed by atoms with Crippen LogP contribution in [0.1, 0.15) is 10.4 Å². The average Bonchev–Trinajstić information content (AvgIpc) is 2.74. The van der Waals surface area contributed by atoms with E-state index in [9.17, 15) is 14.4 Å². The Bertz CT molecular complexity index is 960. The molecule has 0 bridgehead atoms. The van der Waals surface area contributed by atoms with E-state index in [1.54, 1.807) is 48.4 Å². The van der Waals surface area contributed by atoms with Crippen LogP contribution >= 0.6 is 23.2 Å². The first-order valence-corrected chi connectivity index (χ1v) is 10.3. The summed E-state index contributed by atoms with van der Waals surface area (Å²) < 4.78 is 5.06. The third-order valence-electron chi connectivity index (χ3n) is 4.79. The van der Waals surface area contributed by atoms with Crippen molar-refractivity contribution in [2.24, 2.45) is 0 Å². The molecule has 0 atom stereocenters. The third kappa shape index (κ3) is 6.33. The average molecular weight is 465 g/mol. The van der Waals surface area contributed by atoms with E-state index in [-0.39, 0.29) is 12.5 Å².